The number of hydrogen-bond acceptors (Lipinski definition) is 3. The van der Waals surface area contributed by atoms with Crippen LogP contribution in [-0.4, -0.2) is 53.8 Å². The molecule has 1 fully saturated rings. The van der Waals surface area contributed by atoms with E-state index in [9.17, 15) is 14.0 Å². The van der Waals surface area contributed by atoms with Crippen LogP contribution in [0.25, 0.3) is 0 Å². The lowest BCUT2D eigenvalue weighted by Crippen LogP contribution is -2.53. The van der Waals surface area contributed by atoms with Crippen molar-refractivity contribution in [3.8, 4) is 0 Å². The minimum absolute atomic E-state index is 0.0538. The summed E-state index contributed by atoms with van der Waals surface area (Å²) in [5, 5.41) is 2.61. The number of rotatable bonds is 3. The Balaban J connectivity index is 1.92. The third kappa shape index (κ3) is 3.78. The first-order chi connectivity index (χ1) is 9.99. The fourth-order valence-corrected chi connectivity index (χ4v) is 2.39. The summed E-state index contributed by atoms with van der Waals surface area (Å²) in [6.45, 7) is 5.86. The molecule has 0 bridgehead atoms. The van der Waals surface area contributed by atoms with Gasteiger partial charge in [0, 0.05) is 33.1 Å². The number of para-hydroxylation sites is 1. The van der Waals surface area contributed by atoms with Crippen LogP contribution in [0.15, 0.2) is 24.3 Å². The summed E-state index contributed by atoms with van der Waals surface area (Å²) in [5.74, 6) is -0.631. The van der Waals surface area contributed by atoms with Crippen LogP contribution in [-0.2, 0) is 9.59 Å². The molecule has 0 aromatic heterocycles. The molecule has 114 valence electrons. The highest BCUT2D eigenvalue weighted by atomic mass is 19.1. The lowest BCUT2D eigenvalue weighted by molar-refractivity contribution is -0.131. The molecule has 0 saturated carbocycles. The highest BCUT2D eigenvalue weighted by Gasteiger charge is 2.26. The van der Waals surface area contributed by atoms with E-state index in [1.54, 1.807) is 30.9 Å². The number of benzene rings is 1. The van der Waals surface area contributed by atoms with Gasteiger partial charge in [-0.1, -0.05) is 12.1 Å². The van der Waals surface area contributed by atoms with Crippen molar-refractivity contribution in [1.82, 2.24) is 9.80 Å². The number of carbonyl (C=O) groups excluding carboxylic acids is 2. The second-order valence-electron chi connectivity index (χ2n) is 5.19. The van der Waals surface area contributed by atoms with Crippen molar-refractivity contribution in [2.45, 2.75) is 19.9 Å². The molecule has 0 spiro atoms. The molecule has 21 heavy (non-hydrogen) atoms. The number of carbonyl (C=O) groups is 2. The molecule has 1 saturated heterocycles. The Morgan fingerprint density at radius 2 is 1.81 bits per heavy atom. The summed E-state index contributed by atoms with van der Waals surface area (Å²) < 4.78 is 13.5. The summed E-state index contributed by atoms with van der Waals surface area (Å²) in [7, 11) is 0. The maximum absolute atomic E-state index is 13.5. The predicted molar refractivity (Wildman–Crippen MR) is 78.3 cm³/mol. The molecule has 1 N–H and O–H groups in total. The Morgan fingerprint density at radius 1 is 1.19 bits per heavy atom. The van der Waals surface area contributed by atoms with Gasteiger partial charge in [0.05, 0.1) is 11.7 Å². The molecule has 0 aliphatic carbocycles. The highest BCUT2D eigenvalue weighted by Crippen LogP contribution is 2.14. The van der Waals surface area contributed by atoms with E-state index in [0.29, 0.717) is 26.2 Å². The van der Waals surface area contributed by atoms with E-state index in [-0.39, 0.29) is 23.5 Å². The van der Waals surface area contributed by atoms with Crippen LogP contribution in [0.1, 0.15) is 13.8 Å². The Morgan fingerprint density at radius 3 is 2.38 bits per heavy atom. The van der Waals surface area contributed by atoms with Gasteiger partial charge in [-0.25, -0.2) is 4.39 Å². The van der Waals surface area contributed by atoms with Gasteiger partial charge in [0.15, 0.2) is 0 Å². The first-order valence-corrected chi connectivity index (χ1v) is 7.04. The zero-order valence-corrected chi connectivity index (χ0v) is 12.3. The Labute approximate surface area is 123 Å². The molecule has 1 aromatic carbocycles. The molecule has 5 nitrogen and oxygen atoms in total. The first kappa shape index (κ1) is 15.4. The second-order valence-corrected chi connectivity index (χ2v) is 5.19. The number of halogens is 1. The van der Waals surface area contributed by atoms with Crippen molar-refractivity contribution in [2.24, 2.45) is 0 Å². The minimum Gasteiger partial charge on any atom is -0.340 e. The Kier molecular flexibility index (Phi) is 4.90. The van der Waals surface area contributed by atoms with Gasteiger partial charge >= 0.3 is 0 Å². The van der Waals surface area contributed by atoms with E-state index in [2.05, 4.69) is 5.32 Å². The van der Waals surface area contributed by atoms with E-state index >= 15 is 0 Å². The molecule has 0 radical (unpaired) electrons. The van der Waals surface area contributed by atoms with Gasteiger partial charge in [-0.05, 0) is 19.1 Å². The largest absolute Gasteiger partial charge is 0.340 e. The fourth-order valence-electron chi connectivity index (χ4n) is 2.39. The third-order valence-electron chi connectivity index (χ3n) is 3.82. The lowest BCUT2D eigenvalue weighted by Gasteiger charge is -2.37. The maximum Gasteiger partial charge on any atom is 0.241 e. The van der Waals surface area contributed by atoms with E-state index in [4.69, 9.17) is 0 Å². The van der Waals surface area contributed by atoms with Gasteiger partial charge in [-0.15, -0.1) is 0 Å². The van der Waals surface area contributed by atoms with E-state index in [0.717, 1.165) is 0 Å². The van der Waals surface area contributed by atoms with Gasteiger partial charge in [0.2, 0.25) is 11.8 Å². The number of nitrogens with zero attached hydrogens (tertiary/aromatic N) is 2. The van der Waals surface area contributed by atoms with Crippen LogP contribution in [0.5, 0.6) is 0 Å². The van der Waals surface area contributed by atoms with Crippen LogP contribution in [0.4, 0.5) is 10.1 Å². The molecule has 1 aromatic rings. The van der Waals surface area contributed by atoms with Gasteiger partial charge in [-0.3, -0.25) is 14.5 Å². The number of nitrogens with one attached hydrogen (secondary N) is 1. The van der Waals surface area contributed by atoms with Crippen molar-refractivity contribution in [2.75, 3.05) is 31.5 Å². The van der Waals surface area contributed by atoms with Gasteiger partial charge in [0.25, 0.3) is 0 Å². The zero-order valence-electron chi connectivity index (χ0n) is 12.3. The number of anilines is 1. The van der Waals surface area contributed by atoms with Crippen molar-refractivity contribution in [3.05, 3.63) is 30.1 Å². The van der Waals surface area contributed by atoms with Crippen LogP contribution >= 0.6 is 0 Å². The van der Waals surface area contributed by atoms with Crippen molar-refractivity contribution in [1.29, 1.82) is 0 Å². The Hall–Kier alpha value is -1.95. The maximum atomic E-state index is 13.5. The van der Waals surface area contributed by atoms with Crippen LogP contribution < -0.4 is 5.32 Å². The minimum atomic E-state index is -0.445. The first-order valence-electron chi connectivity index (χ1n) is 7.04. The lowest BCUT2D eigenvalue weighted by atomic mass is 10.2. The monoisotopic (exact) mass is 293 g/mol. The van der Waals surface area contributed by atoms with Gasteiger partial charge in [0.1, 0.15) is 5.82 Å². The summed E-state index contributed by atoms with van der Waals surface area (Å²) in [5.41, 5.74) is 0.191. The van der Waals surface area contributed by atoms with Crippen LogP contribution in [0.3, 0.4) is 0 Å². The van der Waals surface area contributed by atoms with Crippen LogP contribution in [0.2, 0.25) is 0 Å². The van der Waals surface area contributed by atoms with Gasteiger partial charge < -0.3 is 10.2 Å². The average Bonchev–Trinajstić information content (AvgIpc) is 2.49. The normalized spacial score (nSPS) is 17.4. The van der Waals surface area contributed by atoms with Crippen LogP contribution in [0, 0.1) is 5.82 Å². The smallest absolute Gasteiger partial charge is 0.241 e. The number of piperazine rings is 1. The van der Waals surface area contributed by atoms with E-state index in [1.807, 2.05) is 4.90 Å². The summed E-state index contributed by atoms with van der Waals surface area (Å²) in [4.78, 5) is 27.2. The van der Waals surface area contributed by atoms with Crippen molar-refractivity contribution in [3.63, 3.8) is 0 Å². The molecule has 1 aliphatic rings. The molecular weight excluding hydrogens is 273 g/mol. The molecule has 1 heterocycles. The highest BCUT2D eigenvalue weighted by molar-refractivity contribution is 5.94. The molecular formula is C15H20FN3O2. The summed E-state index contributed by atoms with van der Waals surface area (Å²) >= 11 is 0. The molecule has 0 unspecified atom stereocenters. The topological polar surface area (TPSA) is 52.7 Å². The van der Waals surface area contributed by atoms with E-state index < -0.39 is 5.82 Å². The average molecular weight is 293 g/mol. The van der Waals surface area contributed by atoms with E-state index in [1.165, 1.54) is 12.1 Å². The molecule has 1 atom stereocenters. The zero-order chi connectivity index (χ0) is 15.4. The standard InChI is InChI=1S/C15H20FN3O2/c1-11(18-7-9-19(10-8-18)12(2)20)15(21)17-14-6-4-3-5-13(14)16/h3-6,11H,7-10H2,1-2H3,(H,17,21)/t11-/m1/s1. The van der Waals surface area contributed by atoms with Crippen molar-refractivity contribution >= 4 is 17.5 Å². The molecule has 1 aliphatic heterocycles. The summed E-state index contributed by atoms with van der Waals surface area (Å²) in [6.07, 6.45) is 0. The SMILES string of the molecule is CC(=O)N1CCN([C@H](C)C(=O)Nc2ccccc2F)CC1. The predicted octanol–water partition coefficient (Wildman–Crippen LogP) is 1.32. The van der Waals surface area contributed by atoms with Gasteiger partial charge in [-0.2, -0.15) is 0 Å². The van der Waals surface area contributed by atoms with Crippen molar-refractivity contribution < 1.29 is 14.0 Å². The fraction of sp³-hybridized carbons (Fsp3) is 0.467. The number of hydrogen-bond donors (Lipinski definition) is 1. The second kappa shape index (κ2) is 6.67. The molecule has 6 heteroatoms. The number of amides is 2. The molecule has 2 rings (SSSR count). The quantitative estimate of drug-likeness (QED) is 0.914. The Bertz CT molecular complexity index is 527. The summed E-state index contributed by atoms with van der Waals surface area (Å²) in [6, 6.07) is 5.74. The molecule has 2 amide bonds. The third-order valence-corrected chi connectivity index (χ3v) is 3.82.